The maximum atomic E-state index is 13.3. The van der Waals surface area contributed by atoms with E-state index in [2.05, 4.69) is 5.10 Å². The predicted octanol–water partition coefficient (Wildman–Crippen LogP) is 5.12. The number of carboxylic acids is 1. The first-order valence-corrected chi connectivity index (χ1v) is 9.10. The van der Waals surface area contributed by atoms with Gasteiger partial charge in [-0.15, -0.1) is 0 Å². The van der Waals surface area contributed by atoms with Crippen LogP contribution >= 0.6 is 0 Å². The zero-order valence-electron chi connectivity index (χ0n) is 16.1. The molecule has 1 N–H and O–H groups in total. The topological polar surface area (TPSA) is 77.5 Å². The molecule has 0 saturated heterocycles. The van der Waals surface area contributed by atoms with Gasteiger partial charge in [0, 0.05) is 29.8 Å². The van der Waals surface area contributed by atoms with Crippen molar-refractivity contribution >= 4 is 16.9 Å². The van der Waals surface area contributed by atoms with E-state index in [0.717, 1.165) is 11.3 Å². The van der Waals surface area contributed by atoms with Gasteiger partial charge in [-0.2, -0.15) is 5.10 Å². The van der Waals surface area contributed by atoms with E-state index < -0.39 is 11.8 Å². The summed E-state index contributed by atoms with van der Waals surface area (Å²) < 4.78 is 26.9. The lowest BCUT2D eigenvalue weighted by Gasteiger charge is -2.14. The summed E-state index contributed by atoms with van der Waals surface area (Å²) in [6.45, 7) is 3.79. The summed E-state index contributed by atoms with van der Waals surface area (Å²) in [5.74, 6) is -0.838. The smallest absolute Gasteiger partial charge is 0.340 e. The number of hydrogen-bond donors (Lipinski definition) is 1. The van der Waals surface area contributed by atoms with Crippen molar-refractivity contribution in [2.24, 2.45) is 7.05 Å². The molecule has 0 atom stereocenters. The number of carbonyl (C=O) groups is 1. The van der Waals surface area contributed by atoms with Gasteiger partial charge >= 0.3 is 5.97 Å². The molecule has 148 valence electrons. The number of fused-ring (bicyclic) bond motifs is 1. The van der Waals surface area contributed by atoms with Crippen molar-refractivity contribution in [3.63, 3.8) is 0 Å². The summed E-state index contributed by atoms with van der Waals surface area (Å²) in [6, 6.07) is 10.8. The third-order valence-corrected chi connectivity index (χ3v) is 4.57. The first-order chi connectivity index (χ1) is 13.8. The first-order valence-electron chi connectivity index (χ1n) is 9.10. The number of nitrogens with zero attached hydrogens (tertiary/aromatic N) is 2. The summed E-state index contributed by atoms with van der Waals surface area (Å²) >= 11 is 0. The predicted molar refractivity (Wildman–Crippen MR) is 107 cm³/mol. The van der Waals surface area contributed by atoms with Crippen LogP contribution in [0.1, 0.15) is 24.2 Å². The monoisotopic (exact) mass is 394 g/mol. The fourth-order valence-corrected chi connectivity index (χ4v) is 3.33. The van der Waals surface area contributed by atoms with E-state index in [1.807, 2.05) is 27.0 Å². The van der Waals surface area contributed by atoms with Gasteiger partial charge in [0.2, 0.25) is 0 Å². The van der Waals surface area contributed by atoms with Gasteiger partial charge in [-0.3, -0.25) is 4.68 Å². The minimum absolute atomic E-state index is 0.0109. The molecule has 0 unspecified atom stereocenters. The second kappa shape index (κ2) is 7.09. The number of aromatic nitrogens is 2. The van der Waals surface area contributed by atoms with E-state index >= 15 is 0 Å². The molecule has 0 aliphatic carbocycles. The molecule has 2 aromatic carbocycles. The van der Waals surface area contributed by atoms with Crippen LogP contribution in [0.4, 0.5) is 4.39 Å². The van der Waals surface area contributed by atoms with E-state index in [0.29, 0.717) is 22.3 Å². The van der Waals surface area contributed by atoms with Gasteiger partial charge in [-0.1, -0.05) is 0 Å². The van der Waals surface area contributed by atoms with Crippen LogP contribution in [0.3, 0.4) is 0 Å². The molecule has 29 heavy (non-hydrogen) atoms. The molecule has 0 radical (unpaired) electrons. The van der Waals surface area contributed by atoms with Gasteiger partial charge in [0.25, 0.3) is 0 Å². The van der Waals surface area contributed by atoms with Crippen LogP contribution in [0.15, 0.2) is 53.1 Å². The highest BCUT2D eigenvalue weighted by molar-refractivity contribution is 6.09. The molecular formula is C22H19FN2O4. The van der Waals surface area contributed by atoms with Crippen LogP contribution in [0.2, 0.25) is 0 Å². The number of benzene rings is 2. The van der Waals surface area contributed by atoms with Gasteiger partial charge in [-0.25, -0.2) is 9.18 Å². The van der Waals surface area contributed by atoms with Crippen molar-refractivity contribution in [1.82, 2.24) is 9.78 Å². The molecule has 6 nitrogen and oxygen atoms in total. The fourth-order valence-electron chi connectivity index (χ4n) is 3.33. The van der Waals surface area contributed by atoms with Crippen LogP contribution in [0.25, 0.3) is 33.6 Å². The van der Waals surface area contributed by atoms with E-state index in [4.69, 9.17) is 9.15 Å². The lowest BCUT2D eigenvalue weighted by Crippen LogP contribution is -2.07. The highest BCUT2D eigenvalue weighted by Gasteiger charge is 2.24. The van der Waals surface area contributed by atoms with E-state index in [-0.39, 0.29) is 17.4 Å². The summed E-state index contributed by atoms with van der Waals surface area (Å²) in [6.07, 6.45) is 1.56. The quantitative estimate of drug-likeness (QED) is 0.508. The lowest BCUT2D eigenvalue weighted by atomic mass is 10.0. The molecule has 0 aliphatic heterocycles. The third-order valence-electron chi connectivity index (χ3n) is 4.57. The van der Waals surface area contributed by atoms with Crippen LogP contribution in [-0.4, -0.2) is 27.0 Å². The molecule has 4 aromatic rings. The van der Waals surface area contributed by atoms with E-state index in [9.17, 15) is 14.3 Å². The number of halogens is 1. The fraction of sp³-hybridized carbons (Fsp3) is 0.182. The third kappa shape index (κ3) is 3.35. The lowest BCUT2D eigenvalue weighted by molar-refractivity contribution is 0.0699. The first kappa shape index (κ1) is 18.7. The molecule has 2 heterocycles. The summed E-state index contributed by atoms with van der Waals surface area (Å²) in [7, 11) is 1.81. The molecule has 0 aliphatic rings. The number of furan rings is 1. The number of aromatic carboxylic acids is 1. The van der Waals surface area contributed by atoms with Crippen molar-refractivity contribution in [2.75, 3.05) is 0 Å². The number of hydrogen-bond acceptors (Lipinski definition) is 4. The number of carboxylic acid groups (broad SMARTS) is 1. The number of ether oxygens (including phenoxy) is 1. The van der Waals surface area contributed by atoms with Crippen molar-refractivity contribution < 1.29 is 23.4 Å². The van der Waals surface area contributed by atoms with Crippen molar-refractivity contribution in [3.05, 3.63) is 60.0 Å². The number of aryl methyl sites for hydroxylation is 1. The molecular weight excluding hydrogens is 375 g/mol. The molecule has 7 heteroatoms. The summed E-state index contributed by atoms with van der Waals surface area (Å²) in [5, 5.41) is 14.5. The summed E-state index contributed by atoms with van der Waals surface area (Å²) in [5.41, 5.74) is 2.43. The van der Waals surface area contributed by atoms with Crippen molar-refractivity contribution in [3.8, 4) is 28.3 Å². The Hall–Kier alpha value is -3.61. The molecule has 0 fully saturated rings. The van der Waals surface area contributed by atoms with Crippen molar-refractivity contribution in [2.45, 2.75) is 20.0 Å². The Morgan fingerprint density at radius 1 is 1.21 bits per heavy atom. The largest absolute Gasteiger partial charge is 0.490 e. The van der Waals surface area contributed by atoms with Crippen LogP contribution in [0.5, 0.6) is 5.75 Å². The maximum Gasteiger partial charge on any atom is 0.340 e. The zero-order chi connectivity index (χ0) is 20.7. The molecule has 4 rings (SSSR count). The van der Waals surface area contributed by atoms with E-state index in [1.165, 1.54) is 24.3 Å². The average Bonchev–Trinajstić information content (AvgIpc) is 3.24. The van der Waals surface area contributed by atoms with Gasteiger partial charge < -0.3 is 14.3 Å². The Balaban J connectivity index is 2.01. The van der Waals surface area contributed by atoms with Crippen LogP contribution in [0, 0.1) is 5.82 Å². The normalized spacial score (nSPS) is 11.3. The highest BCUT2D eigenvalue weighted by atomic mass is 19.1. The Bertz CT molecular complexity index is 1210. The Morgan fingerprint density at radius 2 is 1.93 bits per heavy atom. The van der Waals surface area contributed by atoms with Crippen LogP contribution in [-0.2, 0) is 7.05 Å². The van der Waals surface area contributed by atoms with Crippen molar-refractivity contribution in [1.29, 1.82) is 0 Å². The van der Waals surface area contributed by atoms with Crippen LogP contribution < -0.4 is 4.74 Å². The molecule has 0 amide bonds. The molecule has 0 spiro atoms. The van der Waals surface area contributed by atoms with Gasteiger partial charge in [0.15, 0.2) is 0 Å². The SMILES string of the molecule is CC(C)Oc1cc2c(C(=O)O)c(-c3ccc(F)cc3)oc2cc1-c1ccnn1C. The van der Waals surface area contributed by atoms with Gasteiger partial charge in [0.1, 0.15) is 28.5 Å². The Morgan fingerprint density at radius 3 is 2.52 bits per heavy atom. The Labute approximate surface area is 166 Å². The minimum atomic E-state index is -1.13. The second-order valence-corrected chi connectivity index (χ2v) is 6.97. The maximum absolute atomic E-state index is 13.3. The standard InChI is InChI=1S/C22H19FN2O4/c1-12(2)28-18-11-16-19(10-15(18)17-8-9-24-25(17)3)29-21(20(16)22(26)27)13-4-6-14(23)7-5-13/h4-12H,1-3H3,(H,26,27). The molecule has 0 bridgehead atoms. The Kier molecular flexibility index (Phi) is 4.58. The van der Waals surface area contributed by atoms with E-state index in [1.54, 1.807) is 23.0 Å². The number of rotatable bonds is 5. The molecule has 2 aromatic heterocycles. The minimum Gasteiger partial charge on any atom is -0.490 e. The average molecular weight is 394 g/mol. The summed E-state index contributed by atoms with van der Waals surface area (Å²) in [4.78, 5) is 12.0. The van der Waals surface area contributed by atoms with Gasteiger partial charge in [0.05, 0.1) is 11.8 Å². The molecule has 0 saturated carbocycles. The van der Waals surface area contributed by atoms with Gasteiger partial charge in [-0.05, 0) is 56.3 Å². The second-order valence-electron chi connectivity index (χ2n) is 6.97. The highest BCUT2D eigenvalue weighted by Crippen LogP contribution is 2.40. The zero-order valence-corrected chi connectivity index (χ0v) is 16.1.